The Morgan fingerprint density at radius 3 is 2.76 bits per heavy atom. The number of carbonyl (C=O) groups excluding carboxylic acids is 2. The quantitative estimate of drug-likeness (QED) is 0.798. The summed E-state index contributed by atoms with van der Waals surface area (Å²) in [5, 5.41) is 6.80. The molecule has 0 spiro atoms. The van der Waals surface area contributed by atoms with Gasteiger partial charge >= 0.3 is 5.97 Å². The van der Waals surface area contributed by atoms with Gasteiger partial charge in [-0.1, -0.05) is 0 Å². The van der Waals surface area contributed by atoms with Crippen molar-refractivity contribution in [3.63, 3.8) is 0 Å². The van der Waals surface area contributed by atoms with Gasteiger partial charge in [-0.15, -0.1) is 0 Å². The highest BCUT2D eigenvalue weighted by molar-refractivity contribution is 7.07. The predicted molar refractivity (Wildman–Crippen MR) is 81.1 cm³/mol. The van der Waals surface area contributed by atoms with Crippen LogP contribution in [0.3, 0.4) is 0 Å². The lowest BCUT2D eigenvalue weighted by Gasteiger charge is -2.17. The molecule has 2 heterocycles. The second kappa shape index (κ2) is 7.64. The number of thiophene rings is 1. The number of esters is 1. The number of aromatic nitrogens is 1. The Morgan fingerprint density at radius 2 is 2.14 bits per heavy atom. The topological polar surface area (TPSA) is 60.3 Å². The minimum Gasteiger partial charge on any atom is -0.469 e. The maximum absolute atomic E-state index is 12.0. The van der Waals surface area contributed by atoms with E-state index in [2.05, 4.69) is 10.1 Å². The standard InChI is InChI=1S/C15H18N2O3S/c1-20-15(19)4-6-16-14(18)10-13(12-5-9-21-11-12)17-7-2-3-8-17/h2-3,5,7-9,11,13H,4,6,10H2,1H3,(H,16,18). The zero-order valence-electron chi connectivity index (χ0n) is 11.8. The molecule has 2 rings (SSSR count). The summed E-state index contributed by atoms with van der Waals surface area (Å²) >= 11 is 1.61. The van der Waals surface area contributed by atoms with Crippen molar-refractivity contribution >= 4 is 23.2 Å². The molecule has 0 radical (unpaired) electrons. The highest BCUT2D eigenvalue weighted by Gasteiger charge is 2.17. The van der Waals surface area contributed by atoms with E-state index in [9.17, 15) is 9.59 Å². The van der Waals surface area contributed by atoms with Crippen LogP contribution in [0.1, 0.15) is 24.4 Å². The van der Waals surface area contributed by atoms with Gasteiger partial charge in [-0.3, -0.25) is 9.59 Å². The summed E-state index contributed by atoms with van der Waals surface area (Å²) < 4.78 is 6.55. The van der Waals surface area contributed by atoms with Crippen molar-refractivity contribution in [3.8, 4) is 0 Å². The Balaban J connectivity index is 1.93. The SMILES string of the molecule is COC(=O)CCNC(=O)CC(c1ccsc1)n1cccc1. The first-order valence-electron chi connectivity index (χ1n) is 6.68. The predicted octanol–water partition coefficient (Wildman–Crippen LogP) is 2.21. The van der Waals surface area contributed by atoms with Crippen LogP contribution in [0.2, 0.25) is 0 Å². The number of methoxy groups -OCH3 is 1. The van der Waals surface area contributed by atoms with Crippen LogP contribution in [0.15, 0.2) is 41.4 Å². The van der Waals surface area contributed by atoms with Crippen LogP contribution in [0.25, 0.3) is 0 Å². The smallest absolute Gasteiger partial charge is 0.307 e. The molecule has 0 bridgehead atoms. The average Bonchev–Trinajstić information content (AvgIpc) is 3.17. The van der Waals surface area contributed by atoms with Gasteiger partial charge in [-0.05, 0) is 34.5 Å². The molecule has 0 aliphatic carbocycles. The van der Waals surface area contributed by atoms with E-state index in [0.29, 0.717) is 13.0 Å². The number of rotatable bonds is 7. The maximum Gasteiger partial charge on any atom is 0.307 e. The van der Waals surface area contributed by atoms with Crippen LogP contribution in [0, 0.1) is 0 Å². The van der Waals surface area contributed by atoms with E-state index in [1.807, 2.05) is 45.9 Å². The highest BCUT2D eigenvalue weighted by atomic mass is 32.1. The van der Waals surface area contributed by atoms with Crippen molar-refractivity contribution in [2.45, 2.75) is 18.9 Å². The van der Waals surface area contributed by atoms with Crippen LogP contribution in [0.5, 0.6) is 0 Å². The lowest BCUT2D eigenvalue weighted by atomic mass is 10.1. The third kappa shape index (κ3) is 4.46. The van der Waals surface area contributed by atoms with E-state index in [-0.39, 0.29) is 24.3 Å². The third-order valence-electron chi connectivity index (χ3n) is 3.17. The summed E-state index contributed by atoms with van der Waals surface area (Å²) in [5.41, 5.74) is 1.11. The number of amides is 1. The van der Waals surface area contributed by atoms with Gasteiger partial charge in [0.25, 0.3) is 0 Å². The highest BCUT2D eigenvalue weighted by Crippen LogP contribution is 2.24. The van der Waals surface area contributed by atoms with Crippen LogP contribution < -0.4 is 5.32 Å². The second-order valence-electron chi connectivity index (χ2n) is 4.58. The van der Waals surface area contributed by atoms with Crippen molar-refractivity contribution in [3.05, 3.63) is 46.9 Å². The van der Waals surface area contributed by atoms with Crippen molar-refractivity contribution in [1.82, 2.24) is 9.88 Å². The zero-order chi connectivity index (χ0) is 15.1. The normalized spacial score (nSPS) is 11.9. The van der Waals surface area contributed by atoms with E-state index >= 15 is 0 Å². The Kier molecular flexibility index (Phi) is 5.57. The summed E-state index contributed by atoms with van der Waals surface area (Å²) in [6.07, 6.45) is 4.43. The van der Waals surface area contributed by atoms with E-state index in [4.69, 9.17) is 0 Å². The van der Waals surface area contributed by atoms with Gasteiger partial charge in [-0.2, -0.15) is 11.3 Å². The summed E-state index contributed by atoms with van der Waals surface area (Å²) in [5.74, 6) is -0.404. The van der Waals surface area contributed by atoms with Crippen molar-refractivity contribution < 1.29 is 14.3 Å². The molecular formula is C15H18N2O3S. The molecule has 112 valence electrons. The molecule has 0 saturated heterocycles. The van der Waals surface area contributed by atoms with Crippen molar-refractivity contribution in [2.75, 3.05) is 13.7 Å². The fourth-order valence-electron chi connectivity index (χ4n) is 2.07. The molecule has 2 aromatic heterocycles. The maximum atomic E-state index is 12.0. The number of carbonyl (C=O) groups is 2. The summed E-state index contributed by atoms with van der Waals surface area (Å²) in [4.78, 5) is 23.1. The van der Waals surface area contributed by atoms with Gasteiger partial charge in [-0.25, -0.2) is 0 Å². The molecule has 6 heteroatoms. The van der Waals surface area contributed by atoms with Gasteiger partial charge in [0.1, 0.15) is 0 Å². The molecule has 21 heavy (non-hydrogen) atoms. The molecule has 0 aliphatic heterocycles. The molecule has 1 atom stereocenters. The molecule has 1 unspecified atom stereocenters. The average molecular weight is 306 g/mol. The fraction of sp³-hybridized carbons (Fsp3) is 0.333. The molecule has 0 saturated carbocycles. The number of hydrogen-bond acceptors (Lipinski definition) is 4. The largest absolute Gasteiger partial charge is 0.469 e. The van der Waals surface area contributed by atoms with Gasteiger partial charge in [0, 0.05) is 18.9 Å². The van der Waals surface area contributed by atoms with E-state index in [1.54, 1.807) is 11.3 Å². The molecule has 0 fully saturated rings. The number of hydrogen-bond donors (Lipinski definition) is 1. The summed E-state index contributed by atoms with van der Waals surface area (Å²) in [6.45, 7) is 0.299. The summed E-state index contributed by atoms with van der Waals surface area (Å²) in [7, 11) is 1.34. The molecule has 5 nitrogen and oxygen atoms in total. The second-order valence-corrected chi connectivity index (χ2v) is 5.36. The molecule has 1 amide bonds. The minimum absolute atomic E-state index is 0.0237. The van der Waals surface area contributed by atoms with Crippen molar-refractivity contribution in [1.29, 1.82) is 0 Å². The lowest BCUT2D eigenvalue weighted by molar-refractivity contribution is -0.140. The molecular weight excluding hydrogens is 288 g/mol. The minimum atomic E-state index is -0.324. The number of nitrogens with zero attached hydrogens (tertiary/aromatic N) is 1. The lowest BCUT2D eigenvalue weighted by Crippen LogP contribution is -2.28. The van der Waals surface area contributed by atoms with Crippen LogP contribution in [0.4, 0.5) is 0 Å². The molecule has 0 aromatic carbocycles. The van der Waals surface area contributed by atoms with Gasteiger partial charge < -0.3 is 14.6 Å². The molecule has 0 aliphatic rings. The Labute approximate surface area is 127 Å². The van der Waals surface area contributed by atoms with Gasteiger partial charge in [0.05, 0.1) is 26.0 Å². The summed E-state index contributed by atoms with van der Waals surface area (Å²) in [6, 6.07) is 5.88. The number of ether oxygens (including phenoxy) is 1. The van der Waals surface area contributed by atoms with E-state index < -0.39 is 0 Å². The van der Waals surface area contributed by atoms with E-state index in [1.165, 1.54) is 7.11 Å². The van der Waals surface area contributed by atoms with Crippen LogP contribution >= 0.6 is 11.3 Å². The Hall–Kier alpha value is -2.08. The first-order chi connectivity index (χ1) is 10.2. The zero-order valence-corrected chi connectivity index (χ0v) is 12.6. The van der Waals surface area contributed by atoms with E-state index in [0.717, 1.165) is 5.56 Å². The van der Waals surface area contributed by atoms with Crippen LogP contribution in [-0.2, 0) is 14.3 Å². The fourth-order valence-corrected chi connectivity index (χ4v) is 2.78. The number of nitrogens with one attached hydrogen (secondary N) is 1. The van der Waals surface area contributed by atoms with Gasteiger partial charge in [0.2, 0.25) is 5.91 Å². The first-order valence-corrected chi connectivity index (χ1v) is 7.63. The van der Waals surface area contributed by atoms with Crippen molar-refractivity contribution in [2.24, 2.45) is 0 Å². The molecule has 2 aromatic rings. The first kappa shape index (κ1) is 15.3. The molecule has 1 N–H and O–H groups in total. The van der Waals surface area contributed by atoms with Gasteiger partial charge in [0.15, 0.2) is 0 Å². The monoisotopic (exact) mass is 306 g/mol. The third-order valence-corrected chi connectivity index (χ3v) is 3.87. The Bertz CT molecular complexity index is 530. The Morgan fingerprint density at radius 1 is 1.38 bits per heavy atom. The van der Waals surface area contributed by atoms with Crippen LogP contribution in [-0.4, -0.2) is 30.1 Å².